The molecule has 1 atom stereocenters. The van der Waals surface area contributed by atoms with Crippen molar-refractivity contribution in [3.8, 4) is 11.3 Å². The van der Waals surface area contributed by atoms with Gasteiger partial charge < -0.3 is 15.1 Å². The number of benzene rings is 2. The maximum Gasteiger partial charge on any atom is 0.291 e. The van der Waals surface area contributed by atoms with Crippen LogP contribution in [0.3, 0.4) is 0 Å². The van der Waals surface area contributed by atoms with Gasteiger partial charge in [-0.25, -0.2) is 4.98 Å². The fraction of sp³-hybridized carbons (Fsp3) is 0.160. The van der Waals surface area contributed by atoms with Crippen molar-refractivity contribution in [1.29, 1.82) is 0 Å². The second-order valence-corrected chi connectivity index (χ2v) is 9.50. The van der Waals surface area contributed by atoms with Crippen molar-refractivity contribution in [1.82, 2.24) is 4.98 Å². The van der Waals surface area contributed by atoms with Crippen LogP contribution < -0.4 is 10.6 Å². The summed E-state index contributed by atoms with van der Waals surface area (Å²) >= 11 is 2.86. The van der Waals surface area contributed by atoms with Crippen molar-refractivity contribution >= 4 is 45.7 Å². The largest absolute Gasteiger partial charge is 0.459 e. The molecular weight excluding hydrogens is 454 g/mol. The molecule has 0 aliphatic rings. The van der Waals surface area contributed by atoms with Gasteiger partial charge in [-0.1, -0.05) is 42.8 Å². The highest BCUT2D eigenvalue weighted by molar-refractivity contribution is 8.00. The molecule has 4 aromatic rings. The fourth-order valence-corrected chi connectivity index (χ4v) is 4.84. The number of thiazole rings is 1. The fourth-order valence-electron chi connectivity index (χ4n) is 3.11. The van der Waals surface area contributed by atoms with Gasteiger partial charge in [0.15, 0.2) is 10.9 Å². The van der Waals surface area contributed by atoms with Crippen LogP contribution in [0.25, 0.3) is 11.3 Å². The van der Waals surface area contributed by atoms with Crippen LogP contribution in [0.5, 0.6) is 0 Å². The van der Waals surface area contributed by atoms with E-state index in [2.05, 4.69) is 15.6 Å². The average molecular weight is 478 g/mol. The monoisotopic (exact) mass is 477 g/mol. The molecule has 2 N–H and O–H groups in total. The van der Waals surface area contributed by atoms with E-state index in [0.29, 0.717) is 17.2 Å². The van der Waals surface area contributed by atoms with Crippen LogP contribution in [0.2, 0.25) is 0 Å². The molecule has 0 spiro atoms. The number of carbonyl (C=O) groups is 2. The molecule has 2 heterocycles. The predicted octanol–water partition coefficient (Wildman–Crippen LogP) is 6.47. The molecule has 33 heavy (non-hydrogen) atoms. The summed E-state index contributed by atoms with van der Waals surface area (Å²) < 4.78 is 5.13. The standard InChI is InChI=1S/C25H23N3O3S2/c1-3-22(24(30)28-25-27-20(15-32-25)17-11-9-16(2)10-12-17)33-19-7-4-6-18(14-19)26-23(29)21-8-5-13-31-21/h4-15,22H,3H2,1-2H3,(H,26,29)(H,27,28,30). The topological polar surface area (TPSA) is 84.2 Å². The SMILES string of the molecule is CCC(Sc1cccc(NC(=O)c2ccco2)c1)C(=O)Nc1nc(-c2ccc(C)cc2)cs1. The predicted molar refractivity (Wildman–Crippen MR) is 134 cm³/mol. The Morgan fingerprint density at radius 3 is 2.64 bits per heavy atom. The highest BCUT2D eigenvalue weighted by Gasteiger charge is 2.20. The van der Waals surface area contributed by atoms with Gasteiger partial charge in [-0.05, 0) is 43.7 Å². The Kier molecular flexibility index (Phi) is 7.26. The summed E-state index contributed by atoms with van der Waals surface area (Å²) in [6.45, 7) is 4.01. The lowest BCUT2D eigenvalue weighted by Gasteiger charge is -2.14. The Labute approximate surface area is 200 Å². The van der Waals surface area contributed by atoms with Crippen LogP contribution in [-0.2, 0) is 4.79 Å². The number of aryl methyl sites for hydroxylation is 1. The quantitative estimate of drug-likeness (QED) is 0.284. The first-order valence-corrected chi connectivity index (χ1v) is 12.2. The van der Waals surface area contributed by atoms with E-state index in [1.807, 2.05) is 61.7 Å². The number of amides is 2. The Bertz CT molecular complexity index is 1230. The number of nitrogens with zero attached hydrogens (tertiary/aromatic N) is 1. The van der Waals surface area contributed by atoms with Crippen molar-refractivity contribution in [3.63, 3.8) is 0 Å². The van der Waals surface area contributed by atoms with E-state index in [1.165, 1.54) is 34.9 Å². The van der Waals surface area contributed by atoms with Crippen molar-refractivity contribution in [2.45, 2.75) is 30.4 Å². The number of aromatic nitrogens is 1. The van der Waals surface area contributed by atoms with Crippen molar-refractivity contribution < 1.29 is 14.0 Å². The molecule has 0 saturated heterocycles. The molecule has 2 amide bonds. The molecule has 0 aliphatic heterocycles. The van der Waals surface area contributed by atoms with E-state index in [1.54, 1.807) is 18.2 Å². The number of anilines is 2. The van der Waals surface area contributed by atoms with Crippen LogP contribution >= 0.6 is 23.1 Å². The van der Waals surface area contributed by atoms with E-state index < -0.39 is 0 Å². The molecule has 4 rings (SSSR count). The van der Waals surface area contributed by atoms with Crippen LogP contribution in [0.15, 0.2) is 81.6 Å². The number of thioether (sulfide) groups is 1. The molecular formula is C25H23N3O3S2. The average Bonchev–Trinajstić information content (AvgIpc) is 3.51. The van der Waals surface area contributed by atoms with Gasteiger partial charge in [0, 0.05) is 21.5 Å². The summed E-state index contributed by atoms with van der Waals surface area (Å²) in [4.78, 5) is 30.6. The number of nitrogens with one attached hydrogen (secondary N) is 2. The number of hydrogen-bond donors (Lipinski definition) is 2. The highest BCUT2D eigenvalue weighted by Crippen LogP contribution is 2.30. The zero-order valence-corrected chi connectivity index (χ0v) is 19.8. The van der Waals surface area contributed by atoms with Gasteiger partial charge in [-0.15, -0.1) is 23.1 Å². The van der Waals surface area contributed by atoms with Crippen LogP contribution in [-0.4, -0.2) is 22.0 Å². The minimum atomic E-state index is -0.319. The first-order chi connectivity index (χ1) is 16.0. The van der Waals surface area contributed by atoms with E-state index in [-0.39, 0.29) is 22.8 Å². The molecule has 8 heteroatoms. The summed E-state index contributed by atoms with van der Waals surface area (Å²) in [6, 6.07) is 18.8. The van der Waals surface area contributed by atoms with Gasteiger partial charge in [-0.2, -0.15) is 0 Å². The lowest BCUT2D eigenvalue weighted by Crippen LogP contribution is -2.24. The first kappa shape index (κ1) is 22.8. The van der Waals surface area contributed by atoms with Gasteiger partial charge in [0.1, 0.15) is 0 Å². The van der Waals surface area contributed by atoms with E-state index in [4.69, 9.17) is 4.42 Å². The third kappa shape index (κ3) is 5.91. The van der Waals surface area contributed by atoms with Gasteiger partial charge in [-0.3, -0.25) is 9.59 Å². The zero-order chi connectivity index (χ0) is 23.2. The summed E-state index contributed by atoms with van der Waals surface area (Å²) in [5, 5.41) is 7.98. The minimum Gasteiger partial charge on any atom is -0.459 e. The van der Waals surface area contributed by atoms with Gasteiger partial charge >= 0.3 is 0 Å². The lowest BCUT2D eigenvalue weighted by atomic mass is 10.1. The zero-order valence-electron chi connectivity index (χ0n) is 18.2. The Balaban J connectivity index is 1.39. The molecule has 0 radical (unpaired) electrons. The van der Waals surface area contributed by atoms with Crippen molar-refractivity contribution in [2.75, 3.05) is 10.6 Å². The van der Waals surface area contributed by atoms with Crippen molar-refractivity contribution in [3.05, 3.63) is 83.6 Å². The number of hydrogen-bond acceptors (Lipinski definition) is 6. The molecule has 0 fully saturated rings. The maximum atomic E-state index is 12.9. The molecule has 1 unspecified atom stereocenters. The minimum absolute atomic E-state index is 0.0997. The molecule has 6 nitrogen and oxygen atoms in total. The molecule has 168 valence electrons. The second kappa shape index (κ2) is 10.5. The van der Waals surface area contributed by atoms with Gasteiger partial charge in [0.25, 0.3) is 5.91 Å². The van der Waals surface area contributed by atoms with Gasteiger partial charge in [0.2, 0.25) is 5.91 Å². The number of carbonyl (C=O) groups excluding carboxylic acids is 2. The Morgan fingerprint density at radius 2 is 1.91 bits per heavy atom. The Hall–Kier alpha value is -3.36. The normalized spacial score (nSPS) is 11.7. The molecule has 2 aromatic carbocycles. The summed E-state index contributed by atoms with van der Waals surface area (Å²) in [5.74, 6) is -0.176. The molecule has 0 saturated carbocycles. The third-order valence-corrected chi connectivity index (χ3v) is 6.98. The van der Waals surface area contributed by atoms with Crippen LogP contribution in [0, 0.1) is 6.92 Å². The second-order valence-electron chi connectivity index (χ2n) is 7.37. The number of furan rings is 1. The first-order valence-electron chi connectivity index (χ1n) is 10.5. The molecule has 2 aromatic heterocycles. The van der Waals surface area contributed by atoms with Crippen molar-refractivity contribution in [2.24, 2.45) is 0 Å². The van der Waals surface area contributed by atoms with Crippen LogP contribution in [0.1, 0.15) is 29.5 Å². The summed E-state index contributed by atoms with van der Waals surface area (Å²) in [6.07, 6.45) is 2.10. The molecule has 0 bridgehead atoms. The summed E-state index contributed by atoms with van der Waals surface area (Å²) in [5.41, 5.74) is 3.69. The lowest BCUT2D eigenvalue weighted by molar-refractivity contribution is -0.115. The highest BCUT2D eigenvalue weighted by atomic mass is 32.2. The number of rotatable bonds is 8. The van der Waals surface area contributed by atoms with Crippen LogP contribution in [0.4, 0.5) is 10.8 Å². The van der Waals surface area contributed by atoms with E-state index in [0.717, 1.165) is 16.2 Å². The van der Waals surface area contributed by atoms with E-state index >= 15 is 0 Å². The summed E-state index contributed by atoms with van der Waals surface area (Å²) in [7, 11) is 0. The molecule has 0 aliphatic carbocycles. The van der Waals surface area contributed by atoms with Gasteiger partial charge in [0.05, 0.1) is 17.2 Å². The third-order valence-electron chi connectivity index (χ3n) is 4.86. The Morgan fingerprint density at radius 1 is 1.09 bits per heavy atom. The smallest absolute Gasteiger partial charge is 0.291 e. The van der Waals surface area contributed by atoms with E-state index in [9.17, 15) is 9.59 Å². The maximum absolute atomic E-state index is 12.9.